The van der Waals surface area contributed by atoms with Gasteiger partial charge in [0, 0.05) is 13.0 Å². The lowest BCUT2D eigenvalue weighted by Crippen LogP contribution is -2.17. The van der Waals surface area contributed by atoms with E-state index in [1.807, 2.05) is 0 Å². The molecule has 0 bridgehead atoms. The van der Waals surface area contributed by atoms with Gasteiger partial charge in [-0.2, -0.15) is 0 Å². The molecule has 0 amide bonds. The standard InChI is InChI=1S/C6H12N2/c1-2-3-6-7-4-5-8-6/h2-5H2,1H3,(H,7,8). The zero-order valence-electron chi connectivity index (χ0n) is 5.28. The Morgan fingerprint density at radius 1 is 1.75 bits per heavy atom. The summed E-state index contributed by atoms with van der Waals surface area (Å²) in [6.45, 7) is 4.20. The van der Waals surface area contributed by atoms with Crippen molar-refractivity contribution in [1.29, 1.82) is 0 Å². The largest absolute Gasteiger partial charge is 0.372 e. The van der Waals surface area contributed by atoms with Gasteiger partial charge in [0.15, 0.2) is 0 Å². The minimum absolute atomic E-state index is 0.981. The van der Waals surface area contributed by atoms with E-state index in [1.165, 1.54) is 12.3 Å². The molecule has 0 saturated carbocycles. The van der Waals surface area contributed by atoms with Crippen LogP contribution in [0.4, 0.5) is 0 Å². The normalized spacial score (nSPS) is 17.9. The summed E-state index contributed by atoms with van der Waals surface area (Å²) in [4.78, 5) is 4.23. The summed E-state index contributed by atoms with van der Waals surface area (Å²) < 4.78 is 0. The molecule has 46 valence electrons. The molecule has 0 atom stereocenters. The molecule has 1 heterocycles. The Labute approximate surface area is 50.0 Å². The number of hydrogen-bond acceptors (Lipinski definition) is 2. The first-order chi connectivity index (χ1) is 3.93. The lowest BCUT2D eigenvalue weighted by Gasteiger charge is -1.95. The molecule has 2 nitrogen and oxygen atoms in total. The van der Waals surface area contributed by atoms with Gasteiger partial charge in [0.1, 0.15) is 0 Å². The highest BCUT2D eigenvalue weighted by Gasteiger charge is 2.00. The number of aliphatic imine (C=N–C) groups is 1. The molecule has 0 spiro atoms. The number of nitrogens with one attached hydrogen (secondary N) is 1. The van der Waals surface area contributed by atoms with Crippen molar-refractivity contribution in [2.75, 3.05) is 13.1 Å². The van der Waals surface area contributed by atoms with Crippen LogP contribution in [-0.4, -0.2) is 18.9 Å². The number of nitrogens with zero attached hydrogens (tertiary/aromatic N) is 1. The van der Waals surface area contributed by atoms with Crippen LogP contribution in [0.3, 0.4) is 0 Å². The summed E-state index contributed by atoms with van der Waals surface area (Å²) in [6, 6.07) is 0. The van der Waals surface area contributed by atoms with Gasteiger partial charge in [0.2, 0.25) is 0 Å². The Morgan fingerprint density at radius 3 is 3.12 bits per heavy atom. The quantitative estimate of drug-likeness (QED) is 0.561. The van der Waals surface area contributed by atoms with Crippen molar-refractivity contribution in [3.8, 4) is 0 Å². The molecular formula is C6H12N2. The van der Waals surface area contributed by atoms with E-state index in [1.54, 1.807) is 0 Å². The maximum atomic E-state index is 4.23. The van der Waals surface area contributed by atoms with Crippen molar-refractivity contribution in [3.63, 3.8) is 0 Å². The molecule has 1 rings (SSSR count). The van der Waals surface area contributed by atoms with Crippen LogP contribution in [0.25, 0.3) is 0 Å². The summed E-state index contributed by atoms with van der Waals surface area (Å²) in [7, 11) is 0. The van der Waals surface area contributed by atoms with Crippen LogP contribution in [0.5, 0.6) is 0 Å². The number of amidine groups is 1. The van der Waals surface area contributed by atoms with E-state index < -0.39 is 0 Å². The molecule has 1 aliphatic heterocycles. The first-order valence-corrected chi connectivity index (χ1v) is 3.20. The Bertz CT molecular complexity index is 96.7. The van der Waals surface area contributed by atoms with Crippen LogP contribution in [0.15, 0.2) is 4.99 Å². The van der Waals surface area contributed by atoms with E-state index in [0.717, 1.165) is 19.5 Å². The molecule has 0 radical (unpaired) electrons. The summed E-state index contributed by atoms with van der Waals surface area (Å²) in [5.74, 6) is 1.20. The highest BCUT2D eigenvalue weighted by atomic mass is 15.1. The van der Waals surface area contributed by atoms with E-state index in [0.29, 0.717) is 0 Å². The fourth-order valence-corrected chi connectivity index (χ4v) is 0.851. The maximum absolute atomic E-state index is 4.23. The molecule has 0 aliphatic carbocycles. The lowest BCUT2D eigenvalue weighted by atomic mass is 10.3. The van der Waals surface area contributed by atoms with Gasteiger partial charge >= 0.3 is 0 Å². The molecule has 0 aromatic heterocycles. The predicted molar refractivity (Wildman–Crippen MR) is 35.2 cm³/mol. The van der Waals surface area contributed by atoms with Gasteiger partial charge in [-0.15, -0.1) is 0 Å². The van der Waals surface area contributed by atoms with Gasteiger partial charge in [0.25, 0.3) is 0 Å². The molecule has 8 heavy (non-hydrogen) atoms. The third-order valence-corrected chi connectivity index (χ3v) is 1.23. The molecule has 2 heteroatoms. The minimum atomic E-state index is 0.981. The number of hydrogen-bond donors (Lipinski definition) is 1. The average molecular weight is 112 g/mol. The molecule has 1 N–H and O–H groups in total. The van der Waals surface area contributed by atoms with Crippen LogP contribution < -0.4 is 5.32 Å². The topological polar surface area (TPSA) is 24.4 Å². The Balaban J connectivity index is 2.23. The Hall–Kier alpha value is -0.530. The summed E-state index contributed by atoms with van der Waals surface area (Å²) >= 11 is 0. The van der Waals surface area contributed by atoms with Gasteiger partial charge < -0.3 is 5.32 Å². The zero-order valence-corrected chi connectivity index (χ0v) is 5.28. The summed E-state index contributed by atoms with van der Waals surface area (Å²) in [6.07, 6.45) is 2.33. The van der Waals surface area contributed by atoms with E-state index in [4.69, 9.17) is 0 Å². The number of rotatable bonds is 2. The molecule has 0 unspecified atom stereocenters. The SMILES string of the molecule is CCCC1=NCCN1. The van der Waals surface area contributed by atoms with Gasteiger partial charge in [-0.1, -0.05) is 6.92 Å². The fraction of sp³-hybridized carbons (Fsp3) is 0.833. The van der Waals surface area contributed by atoms with Crippen molar-refractivity contribution < 1.29 is 0 Å². The molecule has 0 fully saturated rings. The first kappa shape index (κ1) is 5.60. The molecule has 0 saturated heterocycles. The smallest absolute Gasteiger partial charge is 0.0964 e. The van der Waals surface area contributed by atoms with E-state index >= 15 is 0 Å². The van der Waals surface area contributed by atoms with Crippen molar-refractivity contribution in [2.45, 2.75) is 19.8 Å². The van der Waals surface area contributed by atoms with Gasteiger partial charge in [0.05, 0.1) is 12.4 Å². The van der Waals surface area contributed by atoms with E-state index in [2.05, 4.69) is 17.2 Å². The third-order valence-electron chi connectivity index (χ3n) is 1.23. The van der Waals surface area contributed by atoms with Crippen LogP contribution >= 0.6 is 0 Å². The average Bonchev–Trinajstić information content (AvgIpc) is 2.19. The van der Waals surface area contributed by atoms with Crippen LogP contribution in [0.1, 0.15) is 19.8 Å². The van der Waals surface area contributed by atoms with Gasteiger partial charge in [-0.3, -0.25) is 4.99 Å². The molecule has 0 aromatic rings. The van der Waals surface area contributed by atoms with Crippen molar-refractivity contribution in [2.24, 2.45) is 4.99 Å². The second-order valence-electron chi connectivity index (χ2n) is 2.01. The monoisotopic (exact) mass is 112 g/mol. The second-order valence-corrected chi connectivity index (χ2v) is 2.01. The van der Waals surface area contributed by atoms with Crippen molar-refractivity contribution in [1.82, 2.24) is 5.32 Å². The van der Waals surface area contributed by atoms with Crippen molar-refractivity contribution in [3.05, 3.63) is 0 Å². The lowest BCUT2D eigenvalue weighted by molar-refractivity contribution is 0.921. The van der Waals surface area contributed by atoms with Crippen molar-refractivity contribution >= 4 is 5.84 Å². The highest BCUT2D eigenvalue weighted by molar-refractivity contribution is 5.83. The minimum Gasteiger partial charge on any atom is -0.372 e. The third kappa shape index (κ3) is 1.22. The second kappa shape index (κ2) is 2.70. The van der Waals surface area contributed by atoms with E-state index in [-0.39, 0.29) is 0 Å². The van der Waals surface area contributed by atoms with Crippen LogP contribution in [0, 0.1) is 0 Å². The summed E-state index contributed by atoms with van der Waals surface area (Å²) in [5.41, 5.74) is 0. The molecular weight excluding hydrogens is 100 g/mol. The molecule has 1 aliphatic rings. The van der Waals surface area contributed by atoms with E-state index in [9.17, 15) is 0 Å². The zero-order chi connectivity index (χ0) is 5.82. The van der Waals surface area contributed by atoms with Gasteiger partial charge in [-0.25, -0.2) is 0 Å². The molecule has 0 aromatic carbocycles. The van der Waals surface area contributed by atoms with Crippen LogP contribution in [0.2, 0.25) is 0 Å². The Morgan fingerprint density at radius 2 is 2.62 bits per heavy atom. The summed E-state index contributed by atoms with van der Waals surface area (Å²) in [5, 5.41) is 3.21. The first-order valence-electron chi connectivity index (χ1n) is 3.20. The Kier molecular flexibility index (Phi) is 1.89. The maximum Gasteiger partial charge on any atom is 0.0964 e. The van der Waals surface area contributed by atoms with Gasteiger partial charge in [-0.05, 0) is 6.42 Å². The van der Waals surface area contributed by atoms with Crippen LogP contribution in [-0.2, 0) is 0 Å². The predicted octanol–water partition coefficient (Wildman–Crippen LogP) is 0.788. The fourth-order valence-electron chi connectivity index (χ4n) is 0.851. The highest BCUT2D eigenvalue weighted by Crippen LogP contribution is 1.93.